The zero-order chi connectivity index (χ0) is 6.62. The summed E-state index contributed by atoms with van der Waals surface area (Å²) in [4.78, 5) is 0. The molecule has 52 valence electrons. The third kappa shape index (κ3) is 17.3. The Bertz CT molecular complexity index is 143. The molecular weight excluding hydrogens is 206 g/mol. The summed E-state index contributed by atoms with van der Waals surface area (Å²) < 4.78 is 28.0. The fourth-order valence-electron chi connectivity index (χ4n) is 0.327. The third-order valence-corrected chi connectivity index (χ3v) is 1.56. The molecule has 0 aromatic heterocycles. The molecule has 0 amide bonds. The molecule has 6 heteroatoms. The molecule has 10 heavy (non-hydrogen) atoms. The van der Waals surface area contributed by atoms with E-state index in [0.29, 0.717) is 6.42 Å². The zero-order valence-electron chi connectivity index (χ0n) is 6.79. The summed E-state index contributed by atoms with van der Waals surface area (Å²) >= 11 is 0. The van der Waals surface area contributed by atoms with E-state index in [-0.39, 0.29) is 109 Å². The molecule has 0 fully saturated rings. The van der Waals surface area contributed by atoms with Gasteiger partial charge in [-0.15, -0.1) is 0 Å². The normalized spacial score (nSPS) is 9.40. The standard InChI is InChI=1S/C4H10O3S.2K/c1-2-3-4-8(5,6)7;;/h2-4H2,1H3,(H,5,6,7);;. The monoisotopic (exact) mass is 216 g/mol. The second-order valence-corrected chi connectivity index (χ2v) is 3.21. The molecule has 0 rings (SSSR count). The summed E-state index contributed by atoms with van der Waals surface area (Å²) in [6, 6.07) is 0. The largest absolute Gasteiger partial charge is 0.286 e. The first-order valence-electron chi connectivity index (χ1n) is 2.51. The molecule has 0 aromatic rings. The molecule has 0 saturated heterocycles. The molecule has 0 aliphatic rings. The van der Waals surface area contributed by atoms with Crippen LogP contribution in [0.15, 0.2) is 0 Å². The number of hydrogen-bond acceptors (Lipinski definition) is 2. The van der Waals surface area contributed by atoms with Crippen LogP contribution in [-0.4, -0.2) is 121 Å². The average Bonchev–Trinajstić information content (AvgIpc) is 1.59. The van der Waals surface area contributed by atoms with Crippen LogP contribution in [-0.2, 0) is 10.1 Å². The predicted molar refractivity (Wildman–Crippen MR) is 42.8 cm³/mol. The molecule has 1 N–H and O–H groups in total. The first-order valence-corrected chi connectivity index (χ1v) is 4.12. The van der Waals surface area contributed by atoms with Gasteiger partial charge in [0.05, 0.1) is 5.75 Å². The molecule has 2 radical (unpaired) electrons. The van der Waals surface area contributed by atoms with Crippen molar-refractivity contribution in [3.8, 4) is 0 Å². The average molecular weight is 216 g/mol. The van der Waals surface area contributed by atoms with Crippen LogP contribution >= 0.6 is 0 Å². The minimum Gasteiger partial charge on any atom is -0.286 e. The van der Waals surface area contributed by atoms with Gasteiger partial charge in [-0.05, 0) is 6.42 Å². The second-order valence-electron chi connectivity index (χ2n) is 1.64. The van der Waals surface area contributed by atoms with Crippen LogP contribution in [0.3, 0.4) is 0 Å². The van der Waals surface area contributed by atoms with Gasteiger partial charge in [0.15, 0.2) is 0 Å². The van der Waals surface area contributed by atoms with E-state index in [9.17, 15) is 8.42 Å². The Morgan fingerprint density at radius 3 is 1.80 bits per heavy atom. The van der Waals surface area contributed by atoms with Crippen molar-refractivity contribution in [3.63, 3.8) is 0 Å². The van der Waals surface area contributed by atoms with Gasteiger partial charge in [-0.1, -0.05) is 13.3 Å². The fraction of sp³-hybridized carbons (Fsp3) is 1.00. The molecule has 3 nitrogen and oxygen atoms in total. The molecule has 0 spiro atoms. The van der Waals surface area contributed by atoms with Crippen LogP contribution in [0.25, 0.3) is 0 Å². The number of hydrogen-bond donors (Lipinski definition) is 1. The van der Waals surface area contributed by atoms with Gasteiger partial charge in [-0.25, -0.2) is 0 Å². The minimum absolute atomic E-state index is 0. The summed E-state index contributed by atoms with van der Waals surface area (Å²) in [5, 5.41) is 0. The first kappa shape index (κ1) is 18.9. The van der Waals surface area contributed by atoms with Crippen LogP contribution in [0, 0.1) is 0 Å². The van der Waals surface area contributed by atoms with Gasteiger partial charge in [0.2, 0.25) is 0 Å². The van der Waals surface area contributed by atoms with Crippen molar-refractivity contribution < 1.29 is 13.0 Å². The molecule has 0 saturated carbocycles. The summed E-state index contributed by atoms with van der Waals surface area (Å²) in [5.74, 6) is -0.108. The maximum atomic E-state index is 9.95. The van der Waals surface area contributed by atoms with E-state index < -0.39 is 10.1 Å². The Morgan fingerprint density at radius 1 is 1.30 bits per heavy atom. The third-order valence-electron chi connectivity index (χ3n) is 0.756. The van der Waals surface area contributed by atoms with Crippen LogP contribution in [0.2, 0.25) is 0 Å². The Labute approximate surface area is 147 Å². The number of unbranched alkanes of at least 4 members (excludes halogenated alkanes) is 1. The van der Waals surface area contributed by atoms with Gasteiger partial charge in [0.25, 0.3) is 10.1 Å². The minimum atomic E-state index is -3.69. The van der Waals surface area contributed by atoms with Crippen LogP contribution < -0.4 is 0 Å². The van der Waals surface area contributed by atoms with Gasteiger partial charge < -0.3 is 0 Å². The molecule has 0 heterocycles. The summed E-state index contributed by atoms with van der Waals surface area (Å²) in [6.07, 6.45) is 1.33. The first-order chi connectivity index (χ1) is 3.56. The smallest absolute Gasteiger partial charge is 0.264 e. The molecular formula is C4H10K2O3S. The Kier molecular flexibility index (Phi) is 19.4. The van der Waals surface area contributed by atoms with Gasteiger partial charge in [-0.3, -0.25) is 4.55 Å². The van der Waals surface area contributed by atoms with Crippen molar-refractivity contribution in [2.24, 2.45) is 0 Å². The van der Waals surface area contributed by atoms with E-state index in [0.717, 1.165) is 6.42 Å². The Balaban J connectivity index is -0.000000245. The molecule has 0 aliphatic carbocycles. The Hall–Kier alpha value is 3.18. The van der Waals surface area contributed by atoms with E-state index in [4.69, 9.17) is 4.55 Å². The van der Waals surface area contributed by atoms with Crippen LogP contribution in [0.4, 0.5) is 0 Å². The van der Waals surface area contributed by atoms with Gasteiger partial charge in [0.1, 0.15) is 0 Å². The topological polar surface area (TPSA) is 54.4 Å². The zero-order valence-corrected chi connectivity index (χ0v) is 13.9. The predicted octanol–water partition coefficient (Wildman–Crippen LogP) is -0.0873. The van der Waals surface area contributed by atoms with Crippen LogP contribution in [0.1, 0.15) is 19.8 Å². The Morgan fingerprint density at radius 2 is 1.70 bits per heavy atom. The molecule has 0 atom stereocenters. The van der Waals surface area contributed by atoms with Gasteiger partial charge in [0, 0.05) is 103 Å². The number of rotatable bonds is 3. The molecule has 0 bridgehead atoms. The van der Waals surface area contributed by atoms with E-state index >= 15 is 0 Å². The van der Waals surface area contributed by atoms with E-state index in [2.05, 4.69) is 0 Å². The molecule has 0 aliphatic heterocycles. The van der Waals surface area contributed by atoms with Crippen molar-refractivity contribution in [2.75, 3.05) is 5.75 Å². The maximum Gasteiger partial charge on any atom is 0.264 e. The maximum absolute atomic E-state index is 9.95. The SMILES string of the molecule is CCCCS(=O)(=O)O.[K].[K]. The van der Waals surface area contributed by atoms with Gasteiger partial charge >= 0.3 is 0 Å². The van der Waals surface area contributed by atoms with Crippen molar-refractivity contribution >= 4 is 113 Å². The summed E-state index contributed by atoms with van der Waals surface area (Å²) in [7, 11) is -3.69. The van der Waals surface area contributed by atoms with Crippen molar-refractivity contribution in [1.82, 2.24) is 0 Å². The quantitative estimate of drug-likeness (QED) is 0.530. The van der Waals surface area contributed by atoms with Crippen molar-refractivity contribution in [3.05, 3.63) is 0 Å². The summed E-state index contributed by atoms with van der Waals surface area (Å²) in [5.41, 5.74) is 0. The fourth-order valence-corrected chi connectivity index (χ4v) is 0.980. The van der Waals surface area contributed by atoms with Crippen molar-refractivity contribution in [2.45, 2.75) is 19.8 Å². The van der Waals surface area contributed by atoms with Gasteiger partial charge in [-0.2, -0.15) is 8.42 Å². The van der Waals surface area contributed by atoms with E-state index in [1.54, 1.807) is 0 Å². The van der Waals surface area contributed by atoms with Crippen LogP contribution in [0.5, 0.6) is 0 Å². The van der Waals surface area contributed by atoms with E-state index in [1.165, 1.54) is 0 Å². The van der Waals surface area contributed by atoms with E-state index in [1.807, 2.05) is 6.92 Å². The molecule has 0 aromatic carbocycles. The molecule has 0 unspecified atom stereocenters. The van der Waals surface area contributed by atoms with Crippen molar-refractivity contribution in [1.29, 1.82) is 0 Å². The second kappa shape index (κ2) is 10.3. The summed E-state index contributed by atoms with van der Waals surface area (Å²) in [6.45, 7) is 1.87.